The lowest BCUT2D eigenvalue weighted by Crippen LogP contribution is -2.33. The number of aliphatic hydroxyl groups is 1. The summed E-state index contributed by atoms with van der Waals surface area (Å²) in [7, 11) is 0. The first-order chi connectivity index (χ1) is 13.0. The standard InChI is InChI=1S/C22H24N2O2S/c1-15-7-4-5-8-20(15)14-24(11-12-25)22(26)19-10-6-9-18(13-19)21-16(2)23-17(3)27-21/h4-10,13,25H,11-12,14H2,1-3H3. The average Bonchev–Trinajstić information content (AvgIpc) is 3.01. The van der Waals surface area contributed by atoms with Gasteiger partial charge in [0.2, 0.25) is 0 Å². The molecule has 3 aromatic rings. The fourth-order valence-electron chi connectivity index (χ4n) is 3.14. The molecule has 0 atom stereocenters. The van der Waals surface area contributed by atoms with E-state index in [1.807, 2.05) is 69.3 Å². The van der Waals surface area contributed by atoms with Gasteiger partial charge in [-0.1, -0.05) is 36.4 Å². The minimum atomic E-state index is -0.0759. The van der Waals surface area contributed by atoms with E-state index in [9.17, 15) is 9.90 Å². The molecule has 0 radical (unpaired) electrons. The second-order valence-corrected chi connectivity index (χ2v) is 7.81. The average molecular weight is 381 g/mol. The molecule has 0 unspecified atom stereocenters. The molecule has 140 valence electrons. The fraction of sp³-hybridized carbons (Fsp3) is 0.273. The van der Waals surface area contributed by atoms with Crippen LogP contribution in [-0.2, 0) is 6.54 Å². The second-order valence-electron chi connectivity index (χ2n) is 6.61. The van der Waals surface area contributed by atoms with Crippen molar-refractivity contribution in [1.29, 1.82) is 0 Å². The lowest BCUT2D eigenvalue weighted by Gasteiger charge is -2.23. The Hall–Kier alpha value is -2.50. The van der Waals surface area contributed by atoms with Gasteiger partial charge >= 0.3 is 0 Å². The normalized spacial score (nSPS) is 10.8. The highest BCUT2D eigenvalue weighted by Gasteiger charge is 2.18. The van der Waals surface area contributed by atoms with Crippen LogP contribution < -0.4 is 0 Å². The maximum absolute atomic E-state index is 13.1. The van der Waals surface area contributed by atoms with Gasteiger partial charge in [-0.3, -0.25) is 4.79 Å². The van der Waals surface area contributed by atoms with Crippen LogP contribution in [0.25, 0.3) is 10.4 Å². The number of carbonyl (C=O) groups excluding carboxylic acids is 1. The maximum Gasteiger partial charge on any atom is 0.254 e. The van der Waals surface area contributed by atoms with Gasteiger partial charge < -0.3 is 10.0 Å². The molecule has 0 saturated heterocycles. The minimum Gasteiger partial charge on any atom is -0.395 e. The lowest BCUT2D eigenvalue weighted by molar-refractivity contribution is 0.0707. The predicted molar refractivity (Wildman–Crippen MR) is 110 cm³/mol. The van der Waals surface area contributed by atoms with Crippen LogP contribution in [0.5, 0.6) is 0 Å². The number of aromatic nitrogens is 1. The number of aryl methyl sites for hydroxylation is 3. The molecule has 0 aliphatic heterocycles. The third-order valence-electron chi connectivity index (χ3n) is 4.55. The van der Waals surface area contributed by atoms with Crippen LogP contribution in [0.4, 0.5) is 0 Å². The van der Waals surface area contributed by atoms with Crippen molar-refractivity contribution in [3.05, 3.63) is 75.9 Å². The van der Waals surface area contributed by atoms with Crippen molar-refractivity contribution in [3.63, 3.8) is 0 Å². The van der Waals surface area contributed by atoms with E-state index in [0.717, 1.165) is 32.3 Å². The molecule has 0 saturated carbocycles. The third kappa shape index (κ3) is 4.43. The van der Waals surface area contributed by atoms with Crippen LogP contribution in [0.3, 0.4) is 0 Å². The zero-order valence-electron chi connectivity index (χ0n) is 15.9. The van der Waals surface area contributed by atoms with E-state index < -0.39 is 0 Å². The smallest absolute Gasteiger partial charge is 0.254 e. The van der Waals surface area contributed by atoms with Crippen LogP contribution in [0.15, 0.2) is 48.5 Å². The van der Waals surface area contributed by atoms with Crippen molar-refractivity contribution in [3.8, 4) is 10.4 Å². The summed E-state index contributed by atoms with van der Waals surface area (Å²) >= 11 is 1.64. The first kappa shape index (κ1) is 19.3. The molecule has 2 aromatic carbocycles. The Morgan fingerprint density at radius 1 is 1.11 bits per heavy atom. The molecule has 3 rings (SSSR count). The van der Waals surface area contributed by atoms with E-state index in [-0.39, 0.29) is 12.5 Å². The molecule has 27 heavy (non-hydrogen) atoms. The predicted octanol–water partition coefficient (Wildman–Crippen LogP) is 4.37. The van der Waals surface area contributed by atoms with Crippen molar-refractivity contribution in [2.45, 2.75) is 27.3 Å². The van der Waals surface area contributed by atoms with Crippen LogP contribution in [0.1, 0.15) is 32.2 Å². The number of carbonyl (C=O) groups is 1. The van der Waals surface area contributed by atoms with Gasteiger partial charge in [0.15, 0.2) is 0 Å². The number of benzene rings is 2. The highest BCUT2D eigenvalue weighted by Crippen LogP contribution is 2.30. The molecule has 4 nitrogen and oxygen atoms in total. The number of aliphatic hydroxyl groups excluding tert-OH is 1. The second kappa shape index (κ2) is 8.46. The lowest BCUT2D eigenvalue weighted by atomic mass is 10.1. The van der Waals surface area contributed by atoms with Crippen LogP contribution in [0.2, 0.25) is 0 Å². The summed E-state index contributed by atoms with van der Waals surface area (Å²) in [5.74, 6) is -0.0759. The Balaban J connectivity index is 1.89. The van der Waals surface area contributed by atoms with E-state index in [0.29, 0.717) is 18.7 Å². The molecule has 1 amide bonds. The Morgan fingerprint density at radius 2 is 1.89 bits per heavy atom. The zero-order valence-corrected chi connectivity index (χ0v) is 16.7. The first-order valence-corrected chi connectivity index (χ1v) is 9.80. The van der Waals surface area contributed by atoms with Gasteiger partial charge in [0.05, 0.1) is 22.2 Å². The Kier molecular flexibility index (Phi) is 6.04. The van der Waals surface area contributed by atoms with E-state index >= 15 is 0 Å². The summed E-state index contributed by atoms with van der Waals surface area (Å²) in [6.07, 6.45) is 0. The molecule has 1 N–H and O–H groups in total. The molecule has 0 spiro atoms. The van der Waals surface area contributed by atoms with Gasteiger partial charge in [0.1, 0.15) is 0 Å². The van der Waals surface area contributed by atoms with Gasteiger partial charge in [-0.2, -0.15) is 0 Å². The summed E-state index contributed by atoms with van der Waals surface area (Å²) in [5, 5.41) is 10.5. The first-order valence-electron chi connectivity index (χ1n) is 8.98. The molecule has 0 aliphatic rings. The SMILES string of the molecule is Cc1nc(C)c(-c2cccc(C(=O)N(CCO)Cc3ccccc3C)c2)s1. The highest BCUT2D eigenvalue weighted by molar-refractivity contribution is 7.15. The number of rotatable bonds is 6. The monoisotopic (exact) mass is 380 g/mol. The van der Waals surface area contributed by atoms with Gasteiger partial charge in [-0.05, 0) is 49.6 Å². The molecule has 1 heterocycles. The van der Waals surface area contributed by atoms with E-state index in [2.05, 4.69) is 4.98 Å². The maximum atomic E-state index is 13.1. The molecule has 0 aliphatic carbocycles. The molecule has 5 heteroatoms. The number of hydrogen-bond acceptors (Lipinski definition) is 4. The number of hydrogen-bond donors (Lipinski definition) is 1. The van der Waals surface area contributed by atoms with Crippen molar-refractivity contribution >= 4 is 17.2 Å². The number of amides is 1. The highest BCUT2D eigenvalue weighted by atomic mass is 32.1. The van der Waals surface area contributed by atoms with Gasteiger partial charge in [0.25, 0.3) is 5.91 Å². The molecule has 0 fully saturated rings. The number of nitrogens with zero attached hydrogens (tertiary/aromatic N) is 2. The van der Waals surface area contributed by atoms with Crippen molar-refractivity contribution in [2.24, 2.45) is 0 Å². The van der Waals surface area contributed by atoms with E-state index in [1.54, 1.807) is 16.2 Å². The van der Waals surface area contributed by atoms with Crippen LogP contribution >= 0.6 is 11.3 Å². The van der Waals surface area contributed by atoms with Gasteiger partial charge in [0, 0.05) is 18.7 Å². The molecule has 1 aromatic heterocycles. The van der Waals surface area contributed by atoms with Gasteiger partial charge in [-0.25, -0.2) is 4.98 Å². The summed E-state index contributed by atoms with van der Waals surface area (Å²) in [6, 6.07) is 15.7. The van der Waals surface area contributed by atoms with Crippen LogP contribution in [-0.4, -0.2) is 34.0 Å². The Bertz CT molecular complexity index is 949. The number of thiazole rings is 1. The topological polar surface area (TPSA) is 53.4 Å². The molecular weight excluding hydrogens is 356 g/mol. The fourth-order valence-corrected chi connectivity index (χ4v) is 4.06. The minimum absolute atomic E-state index is 0.0650. The summed E-state index contributed by atoms with van der Waals surface area (Å²) in [4.78, 5) is 20.4. The zero-order chi connectivity index (χ0) is 19.4. The summed E-state index contributed by atoms with van der Waals surface area (Å²) < 4.78 is 0. The molecule has 0 bridgehead atoms. The van der Waals surface area contributed by atoms with Crippen molar-refractivity contribution in [1.82, 2.24) is 9.88 Å². The van der Waals surface area contributed by atoms with Crippen molar-refractivity contribution in [2.75, 3.05) is 13.2 Å². The van der Waals surface area contributed by atoms with E-state index in [4.69, 9.17) is 0 Å². The van der Waals surface area contributed by atoms with Crippen LogP contribution in [0, 0.1) is 20.8 Å². The largest absolute Gasteiger partial charge is 0.395 e. The Morgan fingerprint density at radius 3 is 2.56 bits per heavy atom. The van der Waals surface area contributed by atoms with Crippen molar-refractivity contribution < 1.29 is 9.90 Å². The molecular formula is C22H24N2O2S. The third-order valence-corrected chi connectivity index (χ3v) is 5.68. The van der Waals surface area contributed by atoms with Gasteiger partial charge in [-0.15, -0.1) is 11.3 Å². The Labute approximate surface area is 164 Å². The summed E-state index contributed by atoms with van der Waals surface area (Å²) in [6.45, 7) is 6.73. The summed E-state index contributed by atoms with van der Waals surface area (Å²) in [5.41, 5.74) is 4.83. The quantitative estimate of drug-likeness (QED) is 0.691. The van der Waals surface area contributed by atoms with E-state index in [1.165, 1.54) is 0 Å².